The van der Waals surface area contributed by atoms with Gasteiger partial charge in [-0.2, -0.15) is 0 Å². The standard InChI is InChI=1S/C5H13NO.H2O/c1-4-6(3)5(2)7;/h5,7H,4H2,1-3H3;1H2. The van der Waals surface area contributed by atoms with Crippen LogP contribution < -0.4 is 0 Å². The van der Waals surface area contributed by atoms with E-state index in [1.54, 1.807) is 6.92 Å². The van der Waals surface area contributed by atoms with E-state index in [4.69, 9.17) is 5.11 Å². The predicted molar refractivity (Wildman–Crippen MR) is 33.6 cm³/mol. The third-order valence-corrected chi connectivity index (χ3v) is 1.14. The van der Waals surface area contributed by atoms with E-state index in [2.05, 4.69) is 0 Å². The van der Waals surface area contributed by atoms with E-state index >= 15 is 0 Å². The monoisotopic (exact) mass is 121 g/mol. The molecule has 0 rings (SSSR count). The first-order valence-electron chi connectivity index (χ1n) is 2.56. The number of rotatable bonds is 2. The Morgan fingerprint density at radius 1 is 1.62 bits per heavy atom. The van der Waals surface area contributed by atoms with Crippen LogP contribution in [0.15, 0.2) is 0 Å². The van der Waals surface area contributed by atoms with Crippen LogP contribution in [0, 0.1) is 0 Å². The van der Waals surface area contributed by atoms with Gasteiger partial charge >= 0.3 is 0 Å². The molecule has 1 unspecified atom stereocenters. The Bertz CT molecular complexity index is 47.7. The van der Waals surface area contributed by atoms with Crippen molar-refractivity contribution in [3.63, 3.8) is 0 Å². The van der Waals surface area contributed by atoms with E-state index in [0.29, 0.717) is 0 Å². The van der Waals surface area contributed by atoms with Gasteiger partial charge in [0.05, 0.1) is 0 Å². The van der Waals surface area contributed by atoms with Crippen molar-refractivity contribution in [1.82, 2.24) is 4.90 Å². The first-order valence-corrected chi connectivity index (χ1v) is 2.56. The lowest BCUT2D eigenvalue weighted by atomic mass is 10.5. The van der Waals surface area contributed by atoms with Gasteiger partial charge in [0.2, 0.25) is 0 Å². The summed E-state index contributed by atoms with van der Waals surface area (Å²) in [5, 5.41) is 8.75. The van der Waals surface area contributed by atoms with Gasteiger partial charge in [0, 0.05) is 0 Å². The summed E-state index contributed by atoms with van der Waals surface area (Å²) in [7, 11) is 1.88. The van der Waals surface area contributed by atoms with Gasteiger partial charge in [-0.3, -0.25) is 4.90 Å². The Labute approximate surface area is 50.2 Å². The second kappa shape index (κ2) is 5.03. The zero-order valence-corrected chi connectivity index (χ0v) is 5.68. The Morgan fingerprint density at radius 3 is 2.00 bits per heavy atom. The minimum Gasteiger partial charge on any atom is -0.412 e. The Kier molecular flexibility index (Phi) is 6.78. The van der Waals surface area contributed by atoms with E-state index < -0.39 is 0 Å². The normalized spacial score (nSPS) is 13.1. The van der Waals surface area contributed by atoms with Gasteiger partial charge in [0.25, 0.3) is 0 Å². The molecular formula is C5H15NO2. The molecule has 0 aromatic carbocycles. The Hall–Kier alpha value is -0.120. The largest absolute Gasteiger partial charge is 0.412 e. The zero-order chi connectivity index (χ0) is 5.86. The highest BCUT2D eigenvalue weighted by atomic mass is 16.3. The minimum atomic E-state index is -0.301. The summed E-state index contributed by atoms with van der Waals surface area (Å²) in [6.07, 6.45) is -0.301. The number of aliphatic hydroxyl groups is 1. The fraction of sp³-hybridized carbons (Fsp3) is 1.00. The van der Waals surface area contributed by atoms with Crippen molar-refractivity contribution < 1.29 is 10.6 Å². The van der Waals surface area contributed by atoms with Crippen LogP contribution in [0.3, 0.4) is 0 Å². The van der Waals surface area contributed by atoms with Crippen LogP contribution in [0.25, 0.3) is 0 Å². The van der Waals surface area contributed by atoms with E-state index in [9.17, 15) is 0 Å². The lowest BCUT2D eigenvalue weighted by molar-refractivity contribution is 0.0424. The van der Waals surface area contributed by atoms with E-state index in [0.717, 1.165) is 6.54 Å². The number of nitrogens with zero attached hydrogens (tertiary/aromatic N) is 1. The molecule has 52 valence electrons. The highest BCUT2D eigenvalue weighted by molar-refractivity contribution is 4.43. The van der Waals surface area contributed by atoms with Gasteiger partial charge in [-0.1, -0.05) is 6.92 Å². The third-order valence-electron chi connectivity index (χ3n) is 1.14. The molecule has 0 saturated carbocycles. The number of aliphatic hydroxyl groups excluding tert-OH is 1. The van der Waals surface area contributed by atoms with Gasteiger partial charge < -0.3 is 10.6 Å². The SMILES string of the molecule is CCN(C)C(C)O.O. The average molecular weight is 121 g/mol. The molecule has 0 heterocycles. The maximum Gasteiger partial charge on any atom is 0.104 e. The lowest BCUT2D eigenvalue weighted by Crippen LogP contribution is -2.27. The molecule has 0 aromatic heterocycles. The fourth-order valence-electron chi connectivity index (χ4n) is 0.264. The fourth-order valence-corrected chi connectivity index (χ4v) is 0.264. The van der Waals surface area contributed by atoms with Crippen molar-refractivity contribution in [2.45, 2.75) is 20.1 Å². The molecule has 3 nitrogen and oxygen atoms in total. The molecule has 0 aliphatic rings. The maximum atomic E-state index is 8.75. The van der Waals surface area contributed by atoms with Crippen LogP contribution >= 0.6 is 0 Å². The summed E-state index contributed by atoms with van der Waals surface area (Å²) in [4.78, 5) is 1.85. The summed E-state index contributed by atoms with van der Waals surface area (Å²) < 4.78 is 0. The van der Waals surface area contributed by atoms with Gasteiger partial charge in [-0.25, -0.2) is 0 Å². The molecule has 1 atom stereocenters. The minimum absolute atomic E-state index is 0. The molecule has 3 heteroatoms. The quantitative estimate of drug-likeness (QED) is 0.498. The van der Waals surface area contributed by atoms with Gasteiger partial charge in [-0.15, -0.1) is 0 Å². The predicted octanol–water partition coefficient (Wildman–Crippen LogP) is -0.548. The molecule has 0 spiro atoms. The summed E-state index contributed by atoms with van der Waals surface area (Å²) >= 11 is 0. The molecule has 3 N–H and O–H groups in total. The highest BCUT2D eigenvalue weighted by Crippen LogP contribution is 1.85. The van der Waals surface area contributed by atoms with Crippen molar-refractivity contribution in [3.05, 3.63) is 0 Å². The number of hydrogen-bond acceptors (Lipinski definition) is 2. The molecule has 0 aliphatic heterocycles. The van der Waals surface area contributed by atoms with Gasteiger partial charge in [-0.05, 0) is 20.5 Å². The Morgan fingerprint density at radius 2 is 2.00 bits per heavy atom. The average Bonchev–Trinajstić information content (AvgIpc) is 1.65. The molecule has 0 bridgehead atoms. The highest BCUT2D eigenvalue weighted by Gasteiger charge is 1.97. The van der Waals surface area contributed by atoms with Crippen molar-refractivity contribution >= 4 is 0 Å². The van der Waals surface area contributed by atoms with E-state index in [1.807, 2.05) is 18.9 Å². The molecule has 0 radical (unpaired) electrons. The number of hydrogen-bond donors (Lipinski definition) is 1. The molecule has 8 heavy (non-hydrogen) atoms. The smallest absolute Gasteiger partial charge is 0.104 e. The molecule has 0 amide bonds. The first-order chi connectivity index (χ1) is 3.18. The topological polar surface area (TPSA) is 55.0 Å². The second-order valence-electron chi connectivity index (χ2n) is 1.71. The van der Waals surface area contributed by atoms with Crippen molar-refractivity contribution in [2.75, 3.05) is 13.6 Å². The second-order valence-corrected chi connectivity index (χ2v) is 1.71. The summed E-state index contributed by atoms with van der Waals surface area (Å²) in [6.45, 7) is 4.66. The van der Waals surface area contributed by atoms with Crippen molar-refractivity contribution in [1.29, 1.82) is 0 Å². The molecule has 0 aliphatic carbocycles. The van der Waals surface area contributed by atoms with Gasteiger partial charge in [0.1, 0.15) is 6.23 Å². The molecule has 0 aromatic rings. The molecular weight excluding hydrogens is 106 g/mol. The summed E-state index contributed by atoms with van der Waals surface area (Å²) in [6, 6.07) is 0. The van der Waals surface area contributed by atoms with E-state index in [-0.39, 0.29) is 11.7 Å². The molecule has 0 fully saturated rings. The third kappa shape index (κ3) is 4.05. The van der Waals surface area contributed by atoms with Crippen molar-refractivity contribution in [2.24, 2.45) is 0 Å². The van der Waals surface area contributed by atoms with Crippen LogP contribution in [-0.4, -0.2) is 35.3 Å². The molecule has 0 saturated heterocycles. The maximum absolute atomic E-state index is 8.75. The zero-order valence-electron chi connectivity index (χ0n) is 5.68. The first kappa shape index (κ1) is 10.8. The lowest BCUT2D eigenvalue weighted by Gasteiger charge is -2.16. The van der Waals surface area contributed by atoms with E-state index in [1.165, 1.54) is 0 Å². The van der Waals surface area contributed by atoms with Crippen LogP contribution in [0.2, 0.25) is 0 Å². The van der Waals surface area contributed by atoms with Crippen LogP contribution in [0.5, 0.6) is 0 Å². The van der Waals surface area contributed by atoms with Crippen LogP contribution in [0.4, 0.5) is 0 Å². The van der Waals surface area contributed by atoms with Crippen LogP contribution in [0.1, 0.15) is 13.8 Å². The van der Waals surface area contributed by atoms with Crippen molar-refractivity contribution in [3.8, 4) is 0 Å². The summed E-state index contributed by atoms with van der Waals surface area (Å²) in [5.41, 5.74) is 0. The Balaban J connectivity index is 0. The van der Waals surface area contributed by atoms with Crippen LogP contribution in [-0.2, 0) is 0 Å². The summed E-state index contributed by atoms with van der Waals surface area (Å²) in [5.74, 6) is 0. The van der Waals surface area contributed by atoms with Gasteiger partial charge in [0.15, 0.2) is 0 Å².